The number of nitrogens with two attached hydrogens (primary N) is 1. The minimum absolute atomic E-state index is 0.433. The van der Waals surface area contributed by atoms with E-state index < -0.39 is 0 Å². The van der Waals surface area contributed by atoms with Crippen molar-refractivity contribution in [2.24, 2.45) is 0 Å². The Bertz CT molecular complexity index is 292. The van der Waals surface area contributed by atoms with Gasteiger partial charge in [0.15, 0.2) is 0 Å². The van der Waals surface area contributed by atoms with Gasteiger partial charge in [0.2, 0.25) is 0 Å². The Hall–Kier alpha value is -1.38. The van der Waals surface area contributed by atoms with E-state index in [9.17, 15) is 0 Å². The first-order valence-corrected chi connectivity index (χ1v) is 4.39. The monoisotopic (exact) mass is 179 g/mol. The molecule has 1 aromatic rings. The van der Waals surface area contributed by atoms with Crippen molar-refractivity contribution in [3.63, 3.8) is 0 Å². The van der Waals surface area contributed by atoms with Gasteiger partial charge in [0, 0.05) is 17.5 Å². The summed E-state index contributed by atoms with van der Waals surface area (Å²) in [6, 6.07) is 1.87. The Balaban J connectivity index is 0.000000671. The normalized spacial score (nSPS) is 8.62. The van der Waals surface area contributed by atoms with Gasteiger partial charge in [0.25, 0.3) is 0 Å². The Morgan fingerprint density at radius 3 is 2.38 bits per heavy atom. The lowest BCUT2D eigenvalue weighted by Crippen LogP contribution is -2.02. The van der Waals surface area contributed by atoms with Crippen LogP contribution in [0.25, 0.3) is 0 Å². The number of rotatable bonds is 1. The molecule has 0 saturated heterocycles. The fourth-order valence-corrected chi connectivity index (χ4v) is 0.880. The molecule has 13 heavy (non-hydrogen) atoms. The second kappa shape index (κ2) is 5.30. The smallest absolute Gasteiger partial charge is 0.132 e. The van der Waals surface area contributed by atoms with Gasteiger partial charge in [-0.1, -0.05) is 13.8 Å². The van der Waals surface area contributed by atoms with E-state index in [1.165, 1.54) is 0 Å². The van der Waals surface area contributed by atoms with Crippen LogP contribution in [0.1, 0.15) is 31.9 Å². The summed E-state index contributed by atoms with van der Waals surface area (Å²) in [6.45, 7) is 7.63. The molecule has 1 aromatic heterocycles. The van der Waals surface area contributed by atoms with Crippen molar-refractivity contribution in [2.75, 3.05) is 5.73 Å². The van der Waals surface area contributed by atoms with Gasteiger partial charge in [-0.25, -0.2) is 4.98 Å². The van der Waals surface area contributed by atoms with E-state index in [4.69, 9.17) is 11.1 Å². The molecule has 0 radical (unpaired) electrons. The lowest BCUT2D eigenvalue weighted by molar-refractivity contribution is 1.26. The molecule has 0 saturated carbocycles. The summed E-state index contributed by atoms with van der Waals surface area (Å²) in [6.07, 6.45) is 1.70. The quantitative estimate of drug-likeness (QED) is 0.650. The van der Waals surface area contributed by atoms with Crippen LogP contribution in [0.15, 0.2) is 12.3 Å². The van der Waals surface area contributed by atoms with Gasteiger partial charge in [-0.05, 0) is 25.5 Å². The first kappa shape index (κ1) is 11.6. The van der Waals surface area contributed by atoms with Gasteiger partial charge in [-0.15, -0.1) is 0 Å². The minimum atomic E-state index is 0.433. The van der Waals surface area contributed by atoms with Crippen LogP contribution in [-0.2, 0) is 0 Å². The molecular formula is C10H17N3. The lowest BCUT2D eigenvalue weighted by Gasteiger charge is -2.02. The second-order valence-corrected chi connectivity index (χ2v) is 2.57. The van der Waals surface area contributed by atoms with E-state index in [-0.39, 0.29) is 0 Å². The van der Waals surface area contributed by atoms with Gasteiger partial charge in [-0.3, -0.25) is 0 Å². The number of nitrogen functional groups attached to an aromatic ring is 1. The molecule has 3 nitrogen and oxygen atoms in total. The molecule has 72 valence electrons. The summed E-state index contributed by atoms with van der Waals surface area (Å²) in [7, 11) is 0. The number of anilines is 1. The summed E-state index contributed by atoms with van der Waals surface area (Å²) in [5, 5.41) is 7.35. The summed E-state index contributed by atoms with van der Waals surface area (Å²) in [5.41, 5.74) is 7.75. The maximum absolute atomic E-state index is 7.35. The molecule has 3 N–H and O–H groups in total. The number of hydrogen-bond acceptors (Lipinski definition) is 3. The fourth-order valence-electron chi connectivity index (χ4n) is 0.880. The molecule has 0 unspecified atom stereocenters. The Labute approximate surface area is 79.5 Å². The van der Waals surface area contributed by atoms with Crippen molar-refractivity contribution in [3.05, 3.63) is 23.4 Å². The number of aryl methyl sites for hydroxylation is 1. The zero-order chi connectivity index (χ0) is 10.4. The third-order valence-electron chi connectivity index (χ3n) is 1.46. The zero-order valence-electron chi connectivity index (χ0n) is 8.68. The van der Waals surface area contributed by atoms with Crippen LogP contribution >= 0.6 is 0 Å². The third-order valence-corrected chi connectivity index (χ3v) is 1.46. The largest absolute Gasteiger partial charge is 0.383 e. The van der Waals surface area contributed by atoms with Gasteiger partial charge in [0.05, 0.1) is 0 Å². The predicted octanol–water partition coefficient (Wildman–Crippen LogP) is 2.39. The summed E-state index contributed by atoms with van der Waals surface area (Å²) in [5.74, 6) is 0.433. The molecule has 0 fully saturated rings. The van der Waals surface area contributed by atoms with E-state index in [2.05, 4.69) is 4.98 Å². The van der Waals surface area contributed by atoms with Crippen molar-refractivity contribution in [1.82, 2.24) is 4.98 Å². The molecule has 1 heterocycles. The summed E-state index contributed by atoms with van der Waals surface area (Å²) >= 11 is 0. The van der Waals surface area contributed by atoms with E-state index in [1.54, 1.807) is 13.1 Å². The molecule has 0 aliphatic carbocycles. The van der Waals surface area contributed by atoms with Gasteiger partial charge in [-0.2, -0.15) is 0 Å². The molecule has 3 heteroatoms. The molecule has 0 atom stereocenters. The Kier molecular flexibility index (Phi) is 4.74. The molecular weight excluding hydrogens is 162 g/mol. The average Bonchev–Trinajstić information content (AvgIpc) is 2.12. The van der Waals surface area contributed by atoms with Gasteiger partial charge >= 0.3 is 0 Å². The van der Waals surface area contributed by atoms with E-state index in [0.717, 1.165) is 11.1 Å². The molecule has 1 rings (SSSR count). The maximum Gasteiger partial charge on any atom is 0.132 e. The SMILES string of the molecule is CC.CC(=N)c1cc(C)cnc1N. The molecule has 0 spiro atoms. The van der Waals surface area contributed by atoms with Crippen molar-refractivity contribution in [3.8, 4) is 0 Å². The Morgan fingerprint density at radius 1 is 1.46 bits per heavy atom. The number of pyridine rings is 1. The fraction of sp³-hybridized carbons (Fsp3) is 0.400. The van der Waals surface area contributed by atoms with Crippen LogP contribution in [0.4, 0.5) is 5.82 Å². The number of nitrogens with zero attached hydrogens (tertiary/aromatic N) is 1. The van der Waals surface area contributed by atoms with Crippen molar-refractivity contribution < 1.29 is 0 Å². The highest BCUT2D eigenvalue weighted by molar-refractivity contribution is 6.00. The van der Waals surface area contributed by atoms with Crippen LogP contribution in [-0.4, -0.2) is 10.7 Å². The van der Waals surface area contributed by atoms with Crippen molar-refractivity contribution in [2.45, 2.75) is 27.7 Å². The highest BCUT2D eigenvalue weighted by Crippen LogP contribution is 2.09. The maximum atomic E-state index is 7.35. The lowest BCUT2D eigenvalue weighted by atomic mass is 10.1. The standard InChI is InChI=1S/C8H11N3.C2H6/c1-5-3-7(6(2)9)8(10)11-4-5;1-2/h3-4,9H,1-2H3,(H2,10,11);1-2H3. The van der Waals surface area contributed by atoms with Crippen molar-refractivity contribution >= 4 is 11.5 Å². The van der Waals surface area contributed by atoms with Crippen molar-refractivity contribution in [1.29, 1.82) is 5.41 Å². The zero-order valence-corrected chi connectivity index (χ0v) is 8.68. The van der Waals surface area contributed by atoms with Crippen LogP contribution in [0.3, 0.4) is 0 Å². The first-order valence-electron chi connectivity index (χ1n) is 4.39. The number of nitrogens with one attached hydrogen (secondary N) is 1. The van der Waals surface area contributed by atoms with Crippen LogP contribution in [0.5, 0.6) is 0 Å². The van der Waals surface area contributed by atoms with Gasteiger partial charge in [0.1, 0.15) is 5.82 Å². The number of hydrogen-bond donors (Lipinski definition) is 2. The van der Waals surface area contributed by atoms with Gasteiger partial charge < -0.3 is 11.1 Å². The number of aromatic nitrogens is 1. The average molecular weight is 179 g/mol. The minimum Gasteiger partial charge on any atom is -0.383 e. The van der Waals surface area contributed by atoms with Crippen LogP contribution in [0.2, 0.25) is 0 Å². The highest BCUT2D eigenvalue weighted by atomic mass is 14.8. The summed E-state index contributed by atoms with van der Waals surface area (Å²) in [4.78, 5) is 3.94. The molecule has 0 aliphatic rings. The Morgan fingerprint density at radius 2 is 2.00 bits per heavy atom. The van der Waals surface area contributed by atoms with E-state index in [0.29, 0.717) is 11.5 Å². The van der Waals surface area contributed by atoms with Crippen LogP contribution in [0, 0.1) is 12.3 Å². The molecule has 0 amide bonds. The topological polar surface area (TPSA) is 62.8 Å². The van der Waals surface area contributed by atoms with E-state index >= 15 is 0 Å². The molecule has 0 bridgehead atoms. The molecule has 0 aliphatic heterocycles. The highest BCUT2D eigenvalue weighted by Gasteiger charge is 2.01. The van der Waals surface area contributed by atoms with E-state index in [1.807, 2.05) is 26.8 Å². The summed E-state index contributed by atoms with van der Waals surface area (Å²) < 4.78 is 0. The van der Waals surface area contributed by atoms with Crippen LogP contribution < -0.4 is 5.73 Å². The molecule has 0 aromatic carbocycles. The second-order valence-electron chi connectivity index (χ2n) is 2.57. The first-order chi connectivity index (χ1) is 6.11. The third kappa shape index (κ3) is 3.23. The predicted molar refractivity (Wildman–Crippen MR) is 57.2 cm³/mol.